The van der Waals surface area contributed by atoms with Gasteiger partial charge in [-0.05, 0) is 110 Å². The summed E-state index contributed by atoms with van der Waals surface area (Å²) in [4.78, 5) is 25.8. The Labute approximate surface area is 236 Å². The van der Waals surface area contributed by atoms with Gasteiger partial charge >= 0.3 is 5.97 Å². The number of carbonyl (C=O) groups excluding carboxylic acids is 2. The zero-order valence-electron chi connectivity index (χ0n) is 25.1. The van der Waals surface area contributed by atoms with E-state index in [-0.39, 0.29) is 22.9 Å². The smallest absolute Gasteiger partial charge is 0.302 e. The Morgan fingerprint density at radius 3 is 2.31 bits per heavy atom. The Balaban J connectivity index is 1.22. The number of fused-ring (bicyclic) bond motifs is 7. The number of carbonyl (C=O) groups is 2. The van der Waals surface area contributed by atoms with E-state index in [2.05, 4.69) is 57.3 Å². The summed E-state index contributed by atoms with van der Waals surface area (Å²) in [6, 6.07) is 10.4. The van der Waals surface area contributed by atoms with Crippen molar-refractivity contribution in [2.24, 2.45) is 51.2 Å². The first-order chi connectivity index (χ1) is 18.5. The fourth-order valence-corrected chi connectivity index (χ4v) is 11.9. The Morgan fingerprint density at radius 2 is 1.56 bits per heavy atom. The molecule has 1 N–H and O–H groups in total. The maximum Gasteiger partial charge on any atom is 0.302 e. The molecule has 39 heavy (non-hydrogen) atoms. The largest absolute Gasteiger partial charge is 0.462 e. The van der Waals surface area contributed by atoms with Crippen LogP contribution in [0, 0.1) is 51.2 Å². The molecule has 1 aromatic carbocycles. The summed E-state index contributed by atoms with van der Waals surface area (Å²) in [6.45, 7) is 12.2. The molecule has 1 aromatic rings. The van der Waals surface area contributed by atoms with Crippen LogP contribution in [-0.4, -0.2) is 18.0 Å². The predicted molar refractivity (Wildman–Crippen MR) is 155 cm³/mol. The third kappa shape index (κ3) is 4.12. The van der Waals surface area contributed by atoms with Crippen molar-refractivity contribution in [1.82, 2.24) is 5.32 Å². The van der Waals surface area contributed by atoms with Crippen LogP contribution in [0.25, 0.3) is 0 Å². The molecule has 5 fully saturated rings. The van der Waals surface area contributed by atoms with Gasteiger partial charge in [-0.1, -0.05) is 64.4 Å². The van der Waals surface area contributed by atoms with E-state index in [1.807, 2.05) is 6.07 Å². The third-order valence-electron chi connectivity index (χ3n) is 13.5. The van der Waals surface area contributed by atoms with Gasteiger partial charge in [-0.15, -0.1) is 0 Å². The molecule has 9 unspecified atom stereocenters. The number of ether oxygens (including phenoxy) is 1. The lowest BCUT2D eigenvalue weighted by atomic mass is 9.36. The molecule has 5 aliphatic carbocycles. The molecule has 9 atom stereocenters. The summed E-state index contributed by atoms with van der Waals surface area (Å²) in [7, 11) is 0. The van der Waals surface area contributed by atoms with Gasteiger partial charge in [0, 0.05) is 18.9 Å². The molecular formula is C35H51NO3. The quantitative estimate of drug-likeness (QED) is 0.404. The summed E-state index contributed by atoms with van der Waals surface area (Å²) in [6.07, 6.45) is 13.1. The van der Waals surface area contributed by atoms with Crippen molar-refractivity contribution in [3.63, 3.8) is 0 Å². The molecule has 4 nitrogen and oxygen atoms in total. The van der Waals surface area contributed by atoms with Crippen LogP contribution in [0.1, 0.15) is 111 Å². The first kappa shape index (κ1) is 27.3. The molecule has 0 aliphatic heterocycles. The van der Waals surface area contributed by atoms with Gasteiger partial charge in [-0.3, -0.25) is 9.59 Å². The minimum absolute atomic E-state index is 0.0147. The second-order valence-electron chi connectivity index (χ2n) is 15.3. The van der Waals surface area contributed by atoms with Gasteiger partial charge in [0.2, 0.25) is 5.91 Å². The SMILES string of the molecule is CC(=O)OC1CCC2(C)C(CCC3(C)C4CCC5(C(=O)NCc6ccccc6)CCCC5C4CCC32)C1(C)C. The lowest BCUT2D eigenvalue weighted by Gasteiger charge is -2.69. The summed E-state index contributed by atoms with van der Waals surface area (Å²) in [5.74, 6) is 3.50. The molecule has 0 spiro atoms. The molecule has 6 rings (SSSR count). The Morgan fingerprint density at radius 1 is 0.821 bits per heavy atom. The number of nitrogens with one attached hydrogen (secondary N) is 1. The van der Waals surface area contributed by atoms with Crippen molar-refractivity contribution in [3.05, 3.63) is 35.9 Å². The monoisotopic (exact) mass is 533 g/mol. The maximum absolute atomic E-state index is 13.9. The van der Waals surface area contributed by atoms with E-state index < -0.39 is 0 Å². The molecule has 0 radical (unpaired) electrons. The highest BCUT2D eigenvalue weighted by atomic mass is 16.5. The molecular weight excluding hydrogens is 482 g/mol. The second-order valence-corrected chi connectivity index (χ2v) is 15.3. The van der Waals surface area contributed by atoms with Gasteiger partial charge in [0.25, 0.3) is 0 Å². The van der Waals surface area contributed by atoms with Crippen molar-refractivity contribution in [2.75, 3.05) is 0 Å². The average Bonchev–Trinajstić information content (AvgIpc) is 3.35. The van der Waals surface area contributed by atoms with Gasteiger partial charge in [0.05, 0.1) is 5.41 Å². The van der Waals surface area contributed by atoms with Crippen molar-refractivity contribution in [2.45, 2.75) is 118 Å². The zero-order chi connectivity index (χ0) is 27.6. The van der Waals surface area contributed by atoms with Crippen molar-refractivity contribution in [1.29, 1.82) is 0 Å². The third-order valence-corrected chi connectivity index (χ3v) is 13.5. The van der Waals surface area contributed by atoms with Gasteiger partial charge < -0.3 is 10.1 Å². The van der Waals surface area contributed by atoms with Crippen LogP contribution >= 0.6 is 0 Å². The fourth-order valence-electron chi connectivity index (χ4n) is 11.9. The molecule has 214 valence electrons. The van der Waals surface area contributed by atoms with E-state index >= 15 is 0 Å². The number of amides is 1. The molecule has 0 aromatic heterocycles. The van der Waals surface area contributed by atoms with E-state index in [9.17, 15) is 9.59 Å². The van der Waals surface area contributed by atoms with E-state index in [0.717, 1.165) is 31.1 Å². The van der Waals surface area contributed by atoms with Gasteiger partial charge in [-0.25, -0.2) is 0 Å². The van der Waals surface area contributed by atoms with Crippen molar-refractivity contribution >= 4 is 11.9 Å². The van der Waals surface area contributed by atoms with Crippen LogP contribution in [0.5, 0.6) is 0 Å². The molecule has 5 aliphatic rings. The van der Waals surface area contributed by atoms with E-state index in [1.165, 1.54) is 56.9 Å². The lowest BCUT2D eigenvalue weighted by Crippen LogP contribution is -2.64. The average molecular weight is 534 g/mol. The molecule has 0 saturated heterocycles. The van der Waals surface area contributed by atoms with Crippen LogP contribution in [0.4, 0.5) is 0 Å². The summed E-state index contributed by atoms with van der Waals surface area (Å²) in [5, 5.41) is 3.39. The summed E-state index contributed by atoms with van der Waals surface area (Å²) < 4.78 is 5.90. The predicted octanol–water partition coefficient (Wildman–Crippen LogP) is 7.70. The maximum atomic E-state index is 13.9. The highest BCUT2D eigenvalue weighted by Crippen LogP contribution is 2.73. The first-order valence-electron chi connectivity index (χ1n) is 16.0. The van der Waals surface area contributed by atoms with E-state index in [4.69, 9.17) is 4.74 Å². The van der Waals surface area contributed by atoms with Crippen molar-refractivity contribution in [3.8, 4) is 0 Å². The van der Waals surface area contributed by atoms with Crippen LogP contribution in [0.15, 0.2) is 30.3 Å². The number of rotatable bonds is 4. The molecule has 5 saturated carbocycles. The Bertz CT molecular complexity index is 1100. The molecule has 0 bridgehead atoms. The van der Waals surface area contributed by atoms with Crippen molar-refractivity contribution < 1.29 is 14.3 Å². The number of hydrogen-bond acceptors (Lipinski definition) is 3. The number of benzene rings is 1. The topological polar surface area (TPSA) is 55.4 Å². The Kier molecular flexibility index (Phi) is 6.74. The number of hydrogen-bond donors (Lipinski definition) is 1. The van der Waals surface area contributed by atoms with Gasteiger partial charge in [0.1, 0.15) is 6.10 Å². The molecule has 0 heterocycles. The van der Waals surface area contributed by atoms with Gasteiger partial charge in [-0.2, -0.15) is 0 Å². The highest BCUT2D eigenvalue weighted by molar-refractivity contribution is 5.83. The normalized spacial score (nSPS) is 44.2. The number of esters is 1. The van der Waals surface area contributed by atoms with Crippen LogP contribution in [0.2, 0.25) is 0 Å². The van der Waals surface area contributed by atoms with E-state index in [0.29, 0.717) is 41.0 Å². The van der Waals surface area contributed by atoms with Crippen LogP contribution in [-0.2, 0) is 20.9 Å². The first-order valence-corrected chi connectivity index (χ1v) is 16.0. The lowest BCUT2D eigenvalue weighted by molar-refractivity contribution is -0.220. The second kappa shape index (κ2) is 9.62. The highest BCUT2D eigenvalue weighted by Gasteiger charge is 2.67. The minimum atomic E-state index is -0.148. The standard InChI is InChI=1S/C35H51NO3/c1-23(37)39-30-17-20-34(5)28(32(30,2)3)16-19-33(4)26-15-21-35(31(38)36-22-24-10-7-6-8-11-24)18-9-12-27(35)25(26)13-14-29(33)34/h6-8,10-11,25-30H,9,12-22H2,1-5H3,(H,36,38). The summed E-state index contributed by atoms with van der Waals surface area (Å²) >= 11 is 0. The fraction of sp³-hybridized carbons (Fsp3) is 0.771. The van der Waals surface area contributed by atoms with Crippen LogP contribution in [0.3, 0.4) is 0 Å². The summed E-state index contributed by atoms with van der Waals surface area (Å²) in [5.41, 5.74) is 1.71. The minimum Gasteiger partial charge on any atom is -0.462 e. The zero-order valence-corrected chi connectivity index (χ0v) is 25.1. The Hall–Kier alpha value is -1.84. The molecule has 1 amide bonds. The van der Waals surface area contributed by atoms with Crippen LogP contribution < -0.4 is 5.32 Å². The van der Waals surface area contributed by atoms with E-state index in [1.54, 1.807) is 6.92 Å². The van der Waals surface area contributed by atoms with Gasteiger partial charge in [0.15, 0.2) is 0 Å². The molecule has 4 heteroatoms.